The number of ether oxygens (including phenoxy) is 1. The van der Waals surface area contributed by atoms with Gasteiger partial charge in [0.05, 0.1) is 6.20 Å². The molecule has 2 heterocycles. The van der Waals surface area contributed by atoms with Crippen molar-refractivity contribution in [3.8, 4) is 5.75 Å². The predicted octanol–water partition coefficient (Wildman–Crippen LogP) is 6.95. The Bertz CT molecular complexity index is 993. The summed E-state index contributed by atoms with van der Waals surface area (Å²) >= 11 is 0. The molecule has 36 heavy (non-hydrogen) atoms. The SMILES string of the molecule is C=C(CC1CC(C)(C=N)C1)N(CCC)CCC1CC1CCC(C)=CC(=O)C1Oc2cnccc2C1C. The Kier molecular flexibility index (Phi) is 8.37. The number of aromatic nitrogens is 1. The molecule has 2 fully saturated rings. The van der Waals surface area contributed by atoms with Gasteiger partial charge in [-0.1, -0.05) is 32.9 Å². The summed E-state index contributed by atoms with van der Waals surface area (Å²) in [5.41, 5.74) is 3.66. The lowest BCUT2D eigenvalue weighted by Crippen LogP contribution is -2.37. The molecule has 5 heteroatoms. The summed E-state index contributed by atoms with van der Waals surface area (Å²) in [4.78, 5) is 19.5. The van der Waals surface area contributed by atoms with Gasteiger partial charge >= 0.3 is 0 Å². The highest BCUT2D eigenvalue weighted by atomic mass is 16.5. The fourth-order valence-corrected chi connectivity index (χ4v) is 6.40. The first-order valence-corrected chi connectivity index (χ1v) is 14.0. The van der Waals surface area contributed by atoms with Crippen molar-refractivity contribution in [2.75, 3.05) is 13.1 Å². The van der Waals surface area contributed by atoms with E-state index in [1.165, 1.54) is 25.0 Å². The van der Waals surface area contributed by atoms with Gasteiger partial charge in [-0.2, -0.15) is 0 Å². The third-order valence-corrected chi connectivity index (χ3v) is 8.76. The number of hydrogen-bond acceptors (Lipinski definition) is 5. The van der Waals surface area contributed by atoms with Crippen molar-refractivity contribution >= 4 is 12.0 Å². The average molecular weight is 492 g/mol. The number of pyridine rings is 1. The molecule has 4 rings (SSSR count). The minimum atomic E-state index is -0.427. The number of nitrogens with zero attached hydrogens (tertiary/aromatic N) is 2. The van der Waals surface area contributed by atoms with E-state index in [0.717, 1.165) is 73.9 Å². The molecule has 0 spiro atoms. The van der Waals surface area contributed by atoms with E-state index in [9.17, 15) is 4.79 Å². The Hall–Kier alpha value is -2.43. The standard InChI is InChI=1S/C31H45N3O2/c1-6-12-34(22(3)15-24-17-31(5,18-24)20-32)13-10-26-16-25(26)8-7-21(2)14-28(35)30-23(4)27-9-11-33-19-29(27)36-30/h9,11,14,19-20,23-26,30,32H,3,6-8,10,12-13,15-18H2,1-2,4-5H3. The van der Waals surface area contributed by atoms with E-state index in [4.69, 9.17) is 10.1 Å². The summed E-state index contributed by atoms with van der Waals surface area (Å²) in [5, 5.41) is 7.60. The molecule has 1 aliphatic heterocycles. The van der Waals surface area contributed by atoms with Gasteiger partial charge in [-0.15, -0.1) is 0 Å². The van der Waals surface area contributed by atoms with Gasteiger partial charge in [-0.25, -0.2) is 0 Å². The van der Waals surface area contributed by atoms with Gasteiger partial charge in [-0.05, 0) is 88.2 Å². The average Bonchev–Trinajstić information content (AvgIpc) is 3.51. The Morgan fingerprint density at radius 1 is 1.31 bits per heavy atom. The summed E-state index contributed by atoms with van der Waals surface area (Å²) in [6, 6.07) is 1.95. The van der Waals surface area contributed by atoms with Crippen molar-refractivity contribution in [3.63, 3.8) is 0 Å². The highest BCUT2D eigenvalue weighted by Gasteiger charge is 2.40. The smallest absolute Gasteiger partial charge is 0.196 e. The molecule has 0 aromatic carbocycles. The topological polar surface area (TPSA) is 66.3 Å². The fourth-order valence-electron chi connectivity index (χ4n) is 6.40. The van der Waals surface area contributed by atoms with E-state index in [2.05, 4.69) is 44.2 Å². The van der Waals surface area contributed by atoms with Crippen LogP contribution in [0, 0.1) is 28.6 Å². The molecule has 0 saturated heterocycles. The third kappa shape index (κ3) is 6.27. The van der Waals surface area contributed by atoms with Crippen LogP contribution in [-0.4, -0.2) is 41.1 Å². The van der Waals surface area contributed by atoms with Crippen LogP contribution in [0.1, 0.15) is 90.5 Å². The maximum atomic E-state index is 12.9. The minimum absolute atomic E-state index is 0.0676. The van der Waals surface area contributed by atoms with Crippen LogP contribution < -0.4 is 4.74 Å². The van der Waals surface area contributed by atoms with Crippen molar-refractivity contribution in [3.05, 3.63) is 47.9 Å². The second-order valence-corrected chi connectivity index (χ2v) is 12.0. The van der Waals surface area contributed by atoms with Crippen molar-refractivity contribution in [2.45, 2.75) is 91.1 Å². The molecule has 1 N–H and O–H groups in total. The quantitative estimate of drug-likeness (QED) is 0.226. The highest BCUT2D eigenvalue weighted by molar-refractivity contribution is 5.95. The Morgan fingerprint density at radius 3 is 2.75 bits per heavy atom. The van der Waals surface area contributed by atoms with Gasteiger partial charge in [0.25, 0.3) is 0 Å². The van der Waals surface area contributed by atoms with Gasteiger partial charge < -0.3 is 15.0 Å². The summed E-state index contributed by atoms with van der Waals surface area (Å²) in [5.74, 6) is 3.18. The molecule has 4 unspecified atom stereocenters. The maximum Gasteiger partial charge on any atom is 0.196 e. The first-order chi connectivity index (χ1) is 17.2. The number of carbonyl (C=O) groups excluding carboxylic acids is 1. The number of rotatable bonds is 14. The summed E-state index contributed by atoms with van der Waals surface area (Å²) in [7, 11) is 0. The Balaban J connectivity index is 1.17. The van der Waals surface area contributed by atoms with Crippen LogP contribution in [0.25, 0.3) is 0 Å². The molecule has 1 aromatic rings. The van der Waals surface area contributed by atoms with Gasteiger partial charge in [-0.3, -0.25) is 9.78 Å². The van der Waals surface area contributed by atoms with Crippen LogP contribution in [0.15, 0.2) is 42.4 Å². The first kappa shape index (κ1) is 26.6. The Labute approximate surface area is 217 Å². The van der Waals surface area contributed by atoms with E-state index in [1.807, 2.05) is 12.1 Å². The second-order valence-electron chi connectivity index (χ2n) is 12.0. The van der Waals surface area contributed by atoms with E-state index < -0.39 is 6.10 Å². The molecule has 2 aliphatic carbocycles. The molecule has 4 atom stereocenters. The number of carbonyl (C=O) groups is 1. The number of fused-ring (bicyclic) bond motifs is 1. The number of hydrogen-bond donors (Lipinski definition) is 1. The molecular weight excluding hydrogens is 446 g/mol. The molecule has 1 aromatic heterocycles. The molecule has 2 saturated carbocycles. The molecule has 0 amide bonds. The van der Waals surface area contributed by atoms with Crippen LogP contribution >= 0.6 is 0 Å². The van der Waals surface area contributed by atoms with Gasteiger partial charge in [0, 0.05) is 48.1 Å². The van der Waals surface area contributed by atoms with E-state index >= 15 is 0 Å². The maximum absolute atomic E-state index is 12.9. The fraction of sp³-hybridized carbons (Fsp3) is 0.645. The van der Waals surface area contributed by atoms with Gasteiger partial charge in [0.2, 0.25) is 0 Å². The molecular formula is C31H45N3O2. The van der Waals surface area contributed by atoms with E-state index in [-0.39, 0.29) is 17.1 Å². The minimum Gasteiger partial charge on any atom is -0.480 e. The van der Waals surface area contributed by atoms with Crippen molar-refractivity contribution in [2.24, 2.45) is 23.2 Å². The van der Waals surface area contributed by atoms with Crippen LogP contribution in [0.5, 0.6) is 5.75 Å². The predicted molar refractivity (Wildman–Crippen MR) is 147 cm³/mol. The van der Waals surface area contributed by atoms with Crippen LogP contribution in [0.4, 0.5) is 0 Å². The summed E-state index contributed by atoms with van der Waals surface area (Å²) in [6.07, 6.45) is 15.7. The van der Waals surface area contributed by atoms with Gasteiger partial charge in [0.15, 0.2) is 11.9 Å². The highest BCUT2D eigenvalue weighted by Crippen LogP contribution is 2.47. The molecule has 0 radical (unpaired) electrons. The van der Waals surface area contributed by atoms with Crippen LogP contribution in [0.2, 0.25) is 0 Å². The second kappa shape index (κ2) is 11.3. The monoisotopic (exact) mass is 491 g/mol. The largest absolute Gasteiger partial charge is 0.480 e. The zero-order valence-electron chi connectivity index (χ0n) is 22.8. The van der Waals surface area contributed by atoms with Crippen molar-refractivity contribution < 1.29 is 9.53 Å². The first-order valence-electron chi connectivity index (χ1n) is 14.0. The Morgan fingerprint density at radius 2 is 2.06 bits per heavy atom. The molecule has 5 nitrogen and oxygen atoms in total. The number of ketones is 1. The lowest BCUT2D eigenvalue weighted by molar-refractivity contribution is -0.121. The van der Waals surface area contributed by atoms with Crippen LogP contribution in [-0.2, 0) is 4.79 Å². The zero-order chi connectivity index (χ0) is 25.9. The van der Waals surface area contributed by atoms with Crippen molar-refractivity contribution in [1.82, 2.24) is 9.88 Å². The number of allylic oxidation sites excluding steroid dienone is 2. The summed E-state index contributed by atoms with van der Waals surface area (Å²) < 4.78 is 5.90. The zero-order valence-corrected chi connectivity index (χ0v) is 22.8. The third-order valence-electron chi connectivity index (χ3n) is 8.76. The van der Waals surface area contributed by atoms with E-state index in [1.54, 1.807) is 18.6 Å². The van der Waals surface area contributed by atoms with Crippen molar-refractivity contribution in [1.29, 1.82) is 5.41 Å². The lowest BCUT2D eigenvalue weighted by atomic mass is 9.62. The van der Waals surface area contributed by atoms with E-state index in [0.29, 0.717) is 5.92 Å². The molecule has 3 aliphatic rings. The normalized spacial score (nSPS) is 30.7. The number of nitrogens with one attached hydrogen (secondary N) is 1. The molecule has 0 bridgehead atoms. The summed E-state index contributed by atoms with van der Waals surface area (Å²) in [6.45, 7) is 15.2. The van der Waals surface area contributed by atoms with Gasteiger partial charge in [0.1, 0.15) is 5.75 Å². The molecule has 196 valence electrons. The van der Waals surface area contributed by atoms with Crippen LogP contribution in [0.3, 0.4) is 0 Å². The lowest BCUT2D eigenvalue weighted by Gasteiger charge is -2.43.